The molecule has 0 fully saturated rings. The molecule has 0 saturated carbocycles. The molecule has 0 aliphatic carbocycles. The van der Waals surface area contributed by atoms with E-state index in [2.05, 4.69) is 340 Å². The van der Waals surface area contributed by atoms with Gasteiger partial charge in [0.1, 0.15) is 0 Å². The number of nitrogens with zero attached hydrogens (tertiary/aromatic N) is 3. The predicted octanol–water partition coefficient (Wildman–Crippen LogP) is 22.9. The molecular formula is C83H61N3. The molecule has 0 bridgehead atoms. The predicted molar refractivity (Wildman–Crippen MR) is 366 cm³/mol. The van der Waals surface area contributed by atoms with Gasteiger partial charge in [-0.1, -0.05) is 222 Å². The summed E-state index contributed by atoms with van der Waals surface area (Å²) >= 11 is 0. The van der Waals surface area contributed by atoms with Crippen molar-refractivity contribution in [2.75, 3.05) is 14.7 Å². The number of aryl methyl sites for hydroxylation is 4. The normalized spacial score (nSPS) is 12.7. The maximum absolute atomic E-state index is 2.47. The summed E-state index contributed by atoms with van der Waals surface area (Å²) in [5, 5.41) is 15.1. The molecule has 0 N–H and O–H groups in total. The minimum absolute atomic E-state index is 0.759. The molecule has 15 aromatic carbocycles. The van der Waals surface area contributed by atoms with Crippen molar-refractivity contribution in [3.63, 3.8) is 0 Å². The van der Waals surface area contributed by atoms with Crippen molar-refractivity contribution >= 4 is 116 Å². The number of benzene rings is 15. The third-order valence-electron chi connectivity index (χ3n) is 18.3. The van der Waals surface area contributed by atoms with Gasteiger partial charge in [-0.15, -0.1) is 0 Å². The lowest BCUT2D eigenvalue weighted by Crippen LogP contribution is -2.38. The average Bonchev–Trinajstić information content (AvgIpc) is 0.915. The Morgan fingerprint density at radius 3 is 0.942 bits per heavy atom. The first-order chi connectivity index (χ1) is 42.3. The van der Waals surface area contributed by atoms with Crippen LogP contribution in [0.4, 0.5) is 51.2 Å². The Hall–Kier alpha value is -10.7. The fraction of sp³-hybridized carbons (Fsp3) is 0.0602. The summed E-state index contributed by atoms with van der Waals surface area (Å²) in [5.41, 5.74) is 18.9. The van der Waals surface area contributed by atoms with Crippen LogP contribution in [0.2, 0.25) is 0 Å². The topological polar surface area (TPSA) is 9.72 Å². The van der Waals surface area contributed by atoms with E-state index < -0.39 is 5.41 Å². The van der Waals surface area contributed by atoms with Crippen molar-refractivity contribution in [2.45, 2.75) is 33.1 Å². The summed E-state index contributed by atoms with van der Waals surface area (Å²) in [6.45, 7) is 8.72. The zero-order valence-electron chi connectivity index (χ0n) is 48.6. The zero-order valence-corrected chi connectivity index (χ0v) is 48.6. The van der Waals surface area contributed by atoms with Gasteiger partial charge in [0.15, 0.2) is 0 Å². The Bertz CT molecular complexity index is 4820. The minimum atomic E-state index is -0.759. The number of para-hydroxylation sites is 1. The molecule has 1 aliphatic heterocycles. The van der Waals surface area contributed by atoms with Crippen molar-refractivity contribution in [3.05, 3.63) is 342 Å². The van der Waals surface area contributed by atoms with Gasteiger partial charge in [0.05, 0.1) is 16.8 Å². The van der Waals surface area contributed by atoms with E-state index in [1.54, 1.807) is 0 Å². The van der Waals surface area contributed by atoms with Crippen LogP contribution in [0.3, 0.4) is 0 Å². The minimum Gasteiger partial charge on any atom is -0.310 e. The van der Waals surface area contributed by atoms with Crippen LogP contribution >= 0.6 is 0 Å². The first kappa shape index (κ1) is 50.9. The van der Waals surface area contributed by atoms with Gasteiger partial charge in [-0.25, -0.2) is 0 Å². The second-order valence-electron chi connectivity index (χ2n) is 23.5. The van der Waals surface area contributed by atoms with Gasteiger partial charge in [-0.3, -0.25) is 0 Å². The standard InChI is InChI=1S/C83H61N3/c1-54-25-36-60(37-26-54)84(65-46-48-75-71-19-7-5-15-67(71)69-17-9-11-21-73(69)77(75)52-65)62-42-32-58(33-43-62)83(79-23-13-14-24-81(79)86(64-40-29-56(3)30-41-64)82-50-31-57(4)51-80(82)83)59-34-44-63(45-35-59)85(61-38-27-55(2)28-39-61)66-47-49-76-72-20-8-6-16-68(72)70-18-10-12-22-74(70)78(76)53-66/h5-53H,1-4H3. The van der Waals surface area contributed by atoms with E-state index in [9.17, 15) is 0 Å². The largest absolute Gasteiger partial charge is 0.310 e. The van der Waals surface area contributed by atoms with Gasteiger partial charge in [-0.05, 0) is 212 Å². The first-order valence-electron chi connectivity index (χ1n) is 30.0. The molecule has 3 nitrogen and oxygen atoms in total. The molecule has 1 aliphatic rings. The Morgan fingerprint density at radius 2 is 0.535 bits per heavy atom. The number of rotatable bonds is 9. The summed E-state index contributed by atoms with van der Waals surface area (Å²) in [4.78, 5) is 7.33. The van der Waals surface area contributed by atoms with E-state index in [-0.39, 0.29) is 0 Å². The van der Waals surface area contributed by atoms with E-state index in [0.29, 0.717) is 0 Å². The molecule has 3 heteroatoms. The van der Waals surface area contributed by atoms with E-state index >= 15 is 0 Å². The Balaban J connectivity index is 0.904. The second kappa shape index (κ2) is 20.3. The van der Waals surface area contributed by atoms with Crippen LogP contribution in [0, 0.1) is 27.7 Å². The van der Waals surface area contributed by atoms with Crippen LogP contribution in [-0.4, -0.2) is 0 Å². The molecule has 0 radical (unpaired) electrons. The van der Waals surface area contributed by atoms with Crippen LogP contribution in [0.1, 0.15) is 44.5 Å². The smallest absolute Gasteiger partial charge is 0.0742 e. The van der Waals surface area contributed by atoms with Crippen LogP contribution in [0.15, 0.2) is 297 Å². The fourth-order valence-electron chi connectivity index (χ4n) is 14.2. The van der Waals surface area contributed by atoms with Crippen LogP contribution in [0.25, 0.3) is 64.6 Å². The number of anilines is 9. The van der Waals surface area contributed by atoms with Crippen molar-refractivity contribution in [3.8, 4) is 0 Å². The van der Waals surface area contributed by atoms with Gasteiger partial charge in [0, 0.05) is 39.8 Å². The van der Waals surface area contributed by atoms with Gasteiger partial charge < -0.3 is 14.7 Å². The monoisotopic (exact) mass is 1100 g/mol. The molecule has 408 valence electrons. The van der Waals surface area contributed by atoms with Crippen molar-refractivity contribution in [1.82, 2.24) is 0 Å². The Morgan fingerprint density at radius 1 is 0.233 bits per heavy atom. The maximum Gasteiger partial charge on any atom is 0.0742 e. The molecule has 15 aromatic rings. The average molecular weight is 1100 g/mol. The summed E-state index contributed by atoms with van der Waals surface area (Å²) in [7, 11) is 0. The van der Waals surface area contributed by atoms with Crippen molar-refractivity contribution < 1.29 is 0 Å². The second-order valence-corrected chi connectivity index (χ2v) is 23.5. The summed E-state index contributed by atoms with van der Waals surface area (Å²) in [6, 6.07) is 112. The number of fused-ring (bicyclic) bond motifs is 14. The molecule has 16 rings (SSSR count). The molecule has 0 spiro atoms. The molecule has 0 amide bonds. The zero-order chi connectivity index (χ0) is 57.6. The fourth-order valence-corrected chi connectivity index (χ4v) is 14.2. The van der Waals surface area contributed by atoms with E-state index in [4.69, 9.17) is 0 Å². The van der Waals surface area contributed by atoms with Crippen LogP contribution < -0.4 is 14.7 Å². The molecule has 0 unspecified atom stereocenters. The highest BCUT2D eigenvalue weighted by molar-refractivity contribution is 6.27. The highest BCUT2D eigenvalue weighted by Gasteiger charge is 2.47. The third kappa shape index (κ3) is 8.10. The van der Waals surface area contributed by atoms with E-state index in [1.165, 1.54) is 109 Å². The van der Waals surface area contributed by atoms with E-state index in [0.717, 1.165) is 51.2 Å². The molecule has 86 heavy (non-hydrogen) atoms. The molecule has 0 atom stereocenters. The summed E-state index contributed by atoms with van der Waals surface area (Å²) in [6.07, 6.45) is 0. The Labute approximate surface area is 502 Å². The lowest BCUT2D eigenvalue weighted by Gasteiger charge is -2.47. The maximum atomic E-state index is 2.47. The van der Waals surface area contributed by atoms with Crippen LogP contribution in [-0.2, 0) is 5.41 Å². The molecule has 0 aromatic heterocycles. The van der Waals surface area contributed by atoms with Crippen LogP contribution in [0.5, 0.6) is 0 Å². The summed E-state index contributed by atoms with van der Waals surface area (Å²) < 4.78 is 0. The van der Waals surface area contributed by atoms with Gasteiger partial charge in [0.25, 0.3) is 0 Å². The molecule has 0 saturated heterocycles. The quantitative estimate of drug-likeness (QED) is 0.133. The summed E-state index contributed by atoms with van der Waals surface area (Å²) in [5.74, 6) is 0. The van der Waals surface area contributed by atoms with Gasteiger partial charge in [-0.2, -0.15) is 0 Å². The highest BCUT2D eigenvalue weighted by Crippen LogP contribution is 2.59. The molecular weight excluding hydrogens is 1040 g/mol. The lowest BCUT2D eigenvalue weighted by atomic mass is 9.62. The highest BCUT2D eigenvalue weighted by atomic mass is 15.2. The van der Waals surface area contributed by atoms with E-state index in [1.807, 2.05) is 0 Å². The van der Waals surface area contributed by atoms with Gasteiger partial charge in [0.2, 0.25) is 0 Å². The Kier molecular flexibility index (Phi) is 12.0. The SMILES string of the molecule is Cc1ccc(N(c2ccc(C3(c4ccc(N(c5ccc(C)cc5)c5ccc6c7ccccc7c7ccccc7c6c5)cc4)c4ccccc4N(c4ccc(C)cc4)c4ccc(C)cc43)cc2)c2ccc3c4ccccc4c4ccccc4c3c2)cc1. The number of hydrogen-bond acceptors (Lipinski definition) is 3. The van der Waals surface area contributed by atoms with Gasteiger partial charge >= 0.3 is 0 Å². The number of hydrogen-bond donors (Lipinski definition) is 0. The van der Waals surface area contributed by atoms with Crippen molar-refractivity contribution in [2.24, 2.45) is 0 Å². The third-order valence-corrected chi connectivity index (χ3v) is 18.3. The first-order valence-corrected chi connectivity index (χ1v) is 30.0. The van der Waals surface area contributed by atoms with Crippen molar-refractivity contribution in [1.29, 1.82) is 0 Å². The lowest BCUT2D eigenvalue weighted by molar-refractivity contribution is 0.730. The molecule has 1 heterocycles.